The van der Waals surface area contributed by atoms with Crippen LogP contribution in [0.3, 0.4) is 0 Å². The van der Waals surface area contributed by atoms with E-state index in [1.807, 2.05) is 44.2 Å². The van der Waals surface area contributed by atoms with E-state index < -0.39 is 0 Å². The quantitative estimate of drug-likeness (QED) is 0.440. The molecule has 0 fully saturated rings. The van der Waals surface area contributed by atoms with Gasteiger partial charge in [0.15, 0.2) is 5.11 Å². The maximum absolute atomic E-state index is 12.9. The molecule has 164 valence electrons. The Hall–Kier alpha value is -3.58. The molecule has 7 heteroatoms. The zero-order valence-electron chi connectivity index (χ0n) is 18.3. The van der Waals surface area contributed by atoms with Crippen LogP contribution in [0.15, 0.2) is 67.0 Å². The fraction of sp³-hybridized carbons (Fsp3) is 0.200. The summed E-state index contributed by atoms with van der Waals surface area (Å²) in [6.45, 7) is 6.39. The smallest absolute Gasteiger partial charge is 0.338 e. The number of nitrogens with zero attached hydrogens (tertiary/aromatic N) is 2. The minimum Gasteiger partial charge on any atom is -0.462 e. The van der Waals surface area contributed by atoms with Crippen LogP contribution in [-0.4, -0.2) is 28.6 Å². The number of esters is 1. The van der Waals surface area contributed by atoms with E-state index in [1.54, 1.807) is 48.5 Å². The first-order chi connectivity index (χ1) is 15.4. The normalized spacial score (nSPS) is 10.3. The highest BCUT2D eigenvalue weighted by Crippen LogP contribution is 2.20. The monoisotopic (exact) mass is 447 g/mol. The Morgan fingerprint density at radius 2 is 1.59 bits per heavy atom. The van der Waals surface area contributed by atoms with Crippen LogP contribution in [-0.2, 0) is 11.3 Å². The van der Waals surface area contributed by atoms with Crippen LogP contribution >= 0.6 is 12.2 Å². The van der Waals surface area contributed by atoms with E-state index in [-0.39, 0.29) is 17.0 Å². The second-order valence-corrected chi connectivity index (χ2v) is 7.73. The Labute approximate surface area is 193 Å². The van der Waals surface area contributed by atoms with Crippen LogP contribution in [0.5, 0.6) is 0 Å². The number of pyridine rings is 1. The minimum absolute atomic E-state index is 0.259. The van der Waals surface area contributed by atoms with Gasteiger partial charge in [-0.2, -0.15) is 0 Å². The van der Waals surface area contributed by atoms with Crippen molar-refractivity contribution in [3.05, 3.63) is 94.8 Å². The van der Waals surface area contributed by atoms with E-state index in [9.17, 15) is 9.59 Å². The number of ether oxygens (including phenoxy) is 1. The molecule has 0 saturated heterocycles. The average Bonchev–Trinajstić information content (AvgIpc) is 2.77. The Kier molecular flexibility index (Phi) is 7.68. The molecule has 1 aromatic heterocycles. The lowest BCUT2D eigenvalue weighted by Crippen LogP contribution is -2.42. The number of nitrogens with one attached hydrogen (secondary N) is 1. The van der Waals surface area contributed by atoms with E-state index >= 15 is 0 Å². The van der Waals surface area contributed by atoms with Gasteiger partial charge in [0, 0.05) is 23.6 Å². The van der Waals surface area contributed by atoms with Crippen LogP contribution < -0.4 is 10.2 Å². The molecule has 0 aliphatic carbocycles. The Bertz CT molecular complexity index is 1090. The number of carbonyl (C=O) groups excluding carboxylic acids is 2. The fourth-order valence-corrected chi connectivity index (χ4v) is 3.55. The van der Waals surface area contributed by atoms with Crippen molar-refractivity contribution in [3.8, 4) is 0 Å². The molecule has 6 nitrogen and oxygen atoms in total. The second-order valence-electron chi connectivity index (χ2n) is 7.34. The number of anilines is 1. The Morgan fingerprint density at radius 1 is 0.969 bits per heavy atom. The van der Waals surface area contributed by atoms with E-state index in [2.05, 4.69) is 10.3 Å². The number of amides is 1. The zero-order chi connectivity index (χ0) is 23.1. The van der Waals surface area contributed by atoms with E-state index in [0.717, 1.165) is 22.4 Å². The van der Waals surface area contributed by atoms with Crippen molar-refractivity contribution in [2.75, 3.05) is 11.5 Å². The van der Waals surface area contributed by atoms with E-state index in [4.69, 9.17) is 17.0 Å². The maximum Gasteiger partial charge on any atom is 0.338 e. The molecular formula is C25H25N3O3S. The minimum atomic E-state index is -0.384. The molecule has 3 rings (SSSR count). The molecule has 1 heterocycles. The molecule has 0 radical (unpaired) electrons. The molecule has 0 atom stereocenters. The van der Waals surface area contributed by atoms with Gasteiger partial charge in [-0.1, -0.05) is 17.2 Å². The number of hydrogen-bond donors (Lipinski definition) is 1. The third-order valence-electron chi connectivity index (χ3n) is 4.73. The van der Waals surface area contributed by atoms with Crippen molar-refractivity contribution in [2.24, 2.45) is 0 Å². The first-order valence-electron chi connectivity index (χ1n) is 10.2. The maximum atomic E-state index is 12.9. The van der Waals surface area contributed by atoms with Crippen molar-refractivity contribution in [1.82, 2.24) is 10.3 Å². The Morgan fingerprint density at radius 3 is 2.19 bits per heavy atom. The molecular weight excluding hydrogens is 422 g/mol. The van der Waals surface area contributed by atoms with Gasteiger partial charge in [-0.15, -0.1) is 0 Å². The predicted octanol–water partition coefficient (Wildman–Crippen LogP) is 4.60. The van der Waals surface area contributed by atoms with Gasteiger partial charge in [-0.3, -0.25) is 15.1 Å². The Balaban J connectivity index is 1.86. The van der Waals surface area contributed by atoms with Crippen LogP contribution in [0.25, 0.3) is 0 Å². The summed E-state index contributed by atoms with van der Waals surface area (Å²) in [7, 11) is 0. The van der Waals surface area contributed by atoms with Crippen LogP contribution in [0.1, 0.15) is 44.3 Å². The lowest BCUT2D eigenvalue weighted by atomic mass is 10.1. The molecule has 0 bridgehead atoms. The van der Waals surface area contributed by atoms with Crippen molar-refractivity contribution in [1.29, 1.82) is 0 Å². The largest absolute Gasteiger partial charge is 0.462 e. The first kappa shape index (κ1) is 23.1. The fourth-order valence-electron chi connectivity index (χ4n) is 3.29. The summed E-state index contributed by atoms with van der Waals surface area (Å²) >= 11 is 5.61. The number of benzene rings is 2. The number of hydrogen-bond acceptors (Lipinski definition) is 5. The van der Waals surface area contributed by atoms with Crippen molar-refractivity contribution in [3.63, 3.8) is 0 Å². The molecule has 0 spiro atoms. The first-order valence-corrected chi connectivity index (χ1v) is 10.7. The number of carbonyl (C=O) groups is 2. The van der Waals surface area contributed by atoms with Gasteiger partial charge in [0.25, 0.3) is 5.91 Å². The van der Waals surface area contributed by atoms with Gasteiger partial charge in [-0.05, 0) is 87.1 Å². The summed E-state index contributed by atoms with van der Waals surface area (Å²) in [5, 5.41) is 3.10. The van der Waals surface area contributed by atoms with Crippen LogP contribution in [0, 0.1) is 13.8 Å². The van der Waals surface area contributed by atoms with Crippen LogP contribution in [0.4, 0.5) is 5.69 Å². The highest BCUT2D eigenvalue weighted by Gasteiger charge is 2.18. The summed E-state index contributed by atoms with van der Waals surface area (Å²) in [5.74, 6) is -0.657. The lowest BCUT2D eigenvalue weighted by Gasteiger charge is -2.26. The second kappa shape index (κ2) is 10.6. The molecule has 0 aliphatic rings. The SMILES string of the molecule is CCOC(=O)c1ccc(N(Cc2ccncc2)C(=S)NC(=O)c2cc(C)cc(C)c2)cc1. The lowest BCUT2D eigenvalue weighted by molar-refractivity contribution is 0.0526. The van der Waals surface area contributed by atoms with E-state index in [1.165, 1.54) is 0 Å². The molecule has 1 N–H and O–H groups in total. The molecule has 32 heavy (non-hydrogen) atoms. The van der Waals surface area contributed by atoms with Gasteiger partial charge in [0.1, 0.15) is 0 Å². The number of aryl methyl sites for hydroxylation is 2. The highest BCUT2D eigenvalue weighted by atomic mass is 32.1. The van der Waals surface area contributed by atoms with E-state index in [0.29, 0.717) is 24.3 Å². The standard InChI is InChI=1S/C25H25N3O3S/c1-4-31-24(30)20-5-7-22(8-6-20)28(16-19-9-11-26-12-10-19)25(32)27-23(29)21-14-17(2)13-18(3)15-21/h5-15H,4,16H2,1-3H3,(H,27,29,32). The number of aromatic nitrogens is 1. The third-order valence-corrected chi connectivity index (χ3v) is 5.05. The molecule has 2 aromatic carbocycles. The molecule has 0 saturated carbocycles. The number of thiocarbonyl (C=S) groups is 1. The summed E-state index contributed by atoms with van der Waals surface area (Å²) < 4.78 is 5.05. The molecule has 3 aromatic rings. The summed E-state index contributed by atoms with van der Waals surface area (Å²) in [5.41, 5.74) is 4.71. The van der Waals surface area contributed by atoms with Gasteiger partial charge in [0.05, 0.1) is 18.7 Å². The van der Waals surface area contributed by atoms with Crippen molar-refractivity contribution >= 4 is 34.9 Å². The van der Waals surface area contributed by atoms with Crippen molar-refractivity contribution < 1.29 is 14.3 Å². The summed E-state index contributed by atoms with van der Waals surface area (Å²) in [4.78, 5) is 30.7. The van der Waals surface area contributed by atoms with Gasteiger partial charge >= 0.3 is 5.97 Å². The summed E-state index contributed by atoms with van der Waals surface area (Å²) in [6, 6.07) is 16.4. The van der Waals surface area contributed by atoms with Gasteiger partial charge < -0.3 is 9.64 Å². The van der Waals surface area contributed by atoms with Crippen molar-refractivity contribution in [2.45, 2.75) is 27.3 Å². The molecule has 0 aliphatic heterocycles. The molecule has 0 unspecified atom stereocenters. The highest BCUT2D eigenvalue weighted by molar-refractivity contribution is 7.80. The average molecular weight is 448 g/mol. The van der Waals surface area contributed by atoms with Crippen LogP contribution in [0.2, 0.25) is 0 Å². The zero-order valence-corrected chi connectivity index (χ0v) is 19.1. The predicted molar refractivity (Wildman–Crippen MR) is 129 cm³/mol. The third kappa shape index (κ3) is 5.98. The topological polar surface area (TPSA) is 71.5 Å². The molecule has 1 amide bonds. The summed E-state index contributed by atoms with van der Waals surface area (Å²) in [6.07, 6.45) is 3.41. The number of rotatable bonds is 6. The van der Waals surface area contributed by atoms with Gasteiger partial charge in [-0.25, -0.2) is 4.79 Å². The van der Waals surface area contributed by atoms with Gasteiger partial charge in [0.2, 0.25) is 0 Å².